The number of halogens is 1. The standard InChI is InChI=1S/C20H24FN5O3S/c1-22-11-9-26-19(29-10-11)16(8-23-26)30(28)25-20(27)24-18-14-6-2-4-12(14)17(21)13-5-3-7-15(13)18/h8,11,22H,2-7,9-10H2,1H3,(H2,24,25,27,28). The van der Waals surface area contributed by atoms with Crippen LogP contribution in [0.15, 0.2) is 15.5 Å². The average molecular weight is 434 g/mol. The molecule has 2 atom stereocenters. The maximum atomic E-state index is 14.8. The van der Waals surface area contributed by atoms with Crippen molar-refractivity contribution in [3.05, 3.63) is 34.3 Å². The first-order valence-corrected chi connectivity index (χ1v) is 11.5. The van der Waals surface area contributed by atoms with Crippen LogP contribution in [0.4, 0.5) is 10.1 Å². The second kappa shape index (κ2) is 7.66. The molecule has 0 saturated carbocycles. The van der Waals surface area contributed by atoms with E-state index in [1.165, 1.54) is 6.20 Å². The van der Waals surface area contributed by atoms with Gasteiger partial charge in [-0.1, -0.05) is 8.61 Å². The van der Waals surface area contributed by atoms with Gasteiger partial charge in [-0.15, -0.1) is 0 Å². The number of likely N-dealkylation sites (N-methyl/N-ethyl adjacent to an activating group) is 1. The molecule has 30 heavy (non-hydrogen) atoms. The van der Waals surface area contributed by atoms with E-state index in [0.29, 0.717) is 53.6 Å². The van der Waals surface area contributed by atoms with Crippen LogP contribution < -0.4 is 20.5 Å². The van der Waals surface area contributed by atoms with Crippen molar-refractivity contribution < 1.29 is 18.4 Å². The van der Waals surface area contributed by atoms with Crippen LogP contribution in [-0.2, 0) is 47.4 Å². The highest BCUT2D eigenvalue weighted by Gasteiger charge is 2.30. The third-order valence-electron chi connectivity index (χ3n) is 6.18. The fourth-order valence-electron chi connectivity index (χ4n) is 4.70. The molecule has 8 nitrogen and oxygen atoms in total. The Labute approximate surface area is 176 Å². The summed E-state index contributed by atoms with van der Waals surface area (Å²) in [6.45, 7) is 1.02. The zero-order valence-electron chi connectivity index (χ0n) is 16.7. The Kier molecular flexibility index (Phi) is 4.98. The molecule has 5 rings (SSSR count). The molecule has 0 fully saturated rings. The van der Waals surface area contributed by atoms with Gasteiger partial charge in [-0.3, -0.25) is 0 Å². The second-order valence-corrected chi connectivity index (χ2v) is 9.15. The lowest BCUT2D eigenvalue weighted by Gasteiger charge is -2.23. The molecule has 2 unspecified atom stereocenters. The Hall–Kier alpha value is -2.46. The van der Waals surface area contributed by atoms with Gasteiger partial charge in [-0.2, -0.15) is 5.10 Å². The molecule has 2 heterocycles. The molecular formula is C20H24FN5O3S. The summed E-state index contributed by atoms with van der Waals surface area (Å²) in [5.74, 6) is 0.294. The predicted octanol–water partition coefficient (Wildman–Crippen LogP) is 0.778. The van der Waals surface area contributed by atoms with E-state index < -0.39 is 17.0 Å². The van der Waals surface area contributed by atoms with E-state index in [2.05, 4.69) is 20.1 Å². The molecule has 0 saturated heterocycles. The highest BCUT2D eigenvalue weighted by atomic mass is 32.2. The van der Waals surface area contributed by atoms with E-state index in [-0.39, 0.29) is 11.9 Å². The van der Waals surface area contributed by atoms with Crippen LogP contribution in [0.3, 0.4) is 0 Å². The van der Waals surface area contributed by atoms with Crippen molar-refractivity contribution in [2.75, 3.05) is 19.0 Å². The van der Waals surface area contributed by atoms with Crippen LogP contribution in [0.25, 0.3) is 0 Å². The van der Waals surface area contributed by atoms with Crippen LogP contribution in [0.5, 0.6) is 5.88 Å². The van der Waals surface area contributed by atoms with Crippen LogP contribution >= 0.6 is 0 Å². The zero-order chi connectivity index (χ0) is 20.8. The molecule has 3 aliphatic rings. The monoisotopic (exact) mass is 433 g/mol. The molecule has 2 N–H and O–H groups in total. The number of aromatic nitrogens is 2. The Balaban J connectivity index is 1.42. The molecule has 1 aromatic carbocycles. The van der Waals surface area contributed by atoms with Gasteiger partial charge in [0.05, 0.1) is 12.6 Å². The summed E-state index contributed by atoms with van der Waals surface area (Å²) in [5.41, 5.74) is 3.85. The quantitative estimate of drug-likeness (QED) is 0.320. The molecule has 1 aliphatic heterocycles. The fourth-order valence-corrected chi connectivity index (χ4v) is 5.51. The molecule has 0 spiro atoms. The zero-order valence-corrected chi connectivity index (χ0v) is 17.6. The number of hydrogen-bond acceptors (Lipinski definition) is 5. The third kappa shape index (κ3) is 3.18. The van der Waals surface area contributed by atoms with E-state index in [1.807, 2.05) is 7.05 Å². The summed E-state index contributed by atoms with van der Waals surface area (Å²) in [5, 5.41) is 22.8. The maximum Gasteiger partial charge on any atom is 0.271 e. The molecule has 2 aliphatic carbocycles. The largest absolute Gasteiger partial charge is 0.843 e. The highest BCUT2D eigenvalue weighted by Crippen LogP contribution is 2.40. The Morgan fingerprint density at radius 2 is 1.93 bits per heavy atom. The van der Waals surface area contributed by atoms with Gasteiger partial charge in [0.25, 0.3) is 10.8 Å². The van der Waals surface area contributed by atoms with Crippen LogP contribution in [0.1, 0.15) is 35.1 Å². The molecule has 0 amide bonds. The molecule has 2 aromatic rings. The molecule has 160 valence electrons. The lowest BCUT2D eigenvalue weighted by Crippen LogP contribution is -2.40. The van der Waals surface area contributed by atoms with Crippen molar-refractivity contribution in [1.29, 1.82) is 0 Å². The number of nitrogens with one attached hydrogen (secondary N) is 2. The highest BCUT2D eigenvalue weighted by molar-refractivity contribution is 7.83. The van der Waals surface area contributed by atoms with Gasteiger partial charge in [0.15, 0.2) is 0 Å². The maximum absolute atomic E-state index is 14.8. The van der Waals surface area contributed by atoms with E-state index in [4.69, 9.17) is 4.74 Å². The Bertz CT molecular complexity index is 1030. The number of amidine groups is 1. The van der Waals surface area contributed by atoms with Gasteiger partial charge < -0.3 is 20.5 Å². The number of thiol groups is 1. The van der Waals surface area contributed by atoms with Gasteiger partial charge >= 0.3 is 0 Å². The minimum atomic E-state index is -2.37. The van der Waals surface area contributed by atoms with E-state index in [0.717, 1.165) is 36.8 Å². The molecule has 0 bridgehead atoms. The fraction of sp³-hybridized carbons (Fsp3) is 0.500. The van der Waals surface area contributed by atoms with Crippen molar-refractivity contribution in [2.24, 2.45) is 4.40 Å². The average Bonchev–Trinajstić information content (AvgIpc) is 3.49. The van der Waals surface area contributed by atoms with Crippen LogP contribution in [0, 0.1) is 5.82 Å². The van der Waals surface area contributed by atoms with E-state index in [1.54, 1.807) is 4.68 Å². The molecule has 1 aromatic heterocycles. The first-order chi connectivity index (χ1) is 14.6. The van der Waals surface area contributed by atoms with Gasteiger partial charge in [-0.05, 0) is 67.8 Å². The van der Waals surface area contributed by atoms with E-state index in [9.17, 15) is 13.7 Å². The first-order valence-electron chi connectivity index (χ1n) is 10.3. The van der Waals surface area contributed by atoms with Crippen LogP contribution in [0.2, 0.25) is 0 Å². The molecule has 0 radical (unpaired) electrons. The van der Waals surface area contributed by atoms with Crippen molar-refractivity contribution in [3.8, 4) is 5.88 Å². The Morgan fingerprint density at radius 1 is 1.27 bits per heavy atom. The first kappa shape index (κ1) is 19.5. The van der Waals surface area contributed by atoms with Crippen molar-refractivity contribution in [2.45, 2.75) is 56.0 Å². The van der Waals surface area contributed by atoms with Crippen molar-refractivity contribution in [3.63, 3.8) is 0 Å². The lowest BCUT2D eigenvalue weighted by molar-refractivity contribution is -0.213. The second-order valence-electron chi connectivity index (χ2n) is 7.93. The summed E-state index contributed by atoms with van der Waals surface area (Å²) >= 11 is 0. The number of anilines is 1. The normalized spacial score (nSPS) is 21.0. The lowest BCUT2D eigenvalue weighted by atomic mass is 9.98. The van der Waals surface area contributed by atoms with Crippen LogP contribution in [-0.4, -0.2) is 35.5 Å². The summed E-state index contributed by atoms with van der Waals surface area (Å²) in [7, 11) is -0.526. The molecule has 10 heteroatoms. The molecular weight excluding hydrogens is 409 g/mol. The van der Waals surface area contributed by atoms with Crippen molar-refractivity contribution >= 4 is 22.7 Å². The Morgan fingerprint density at radius 3 is 2.60 bits per heavy atom. The van der Waals surface area contributed by atoms with Gasteiger partial charge in [0, 0.05) is 5.69 Å². The third-order valence-corrected chi connectivity index (χ3v) is 7.27. The number of rotatable bonds is 4. The van der Waals surface area contributed by atoms with Gasteiger partial charge in [0.1, 0.15) is 24.6 Å². The number of ether oxygens (including phenoxy) is 1. The SMILES string of the molecule is CNC1COc2c([SH+](=O)N=C([O-])Nc3c4c(c(F)c5c3CCC5)CCC4)cnn2C1. The number of benzene rings is 1. The predicted molar refractivity (Wildman–Crippen MR) is 110 cm³/mol. The smallest absolute Gasteiger partial charge is 0.271 e. The summed E-state index contributed by atoms with van der Waals surface area (Å²) in [6, 6.07) is -0.569. The van der Waals surface area contributed by atoms with E-state index >= 15 is 0 Å². The topological polar surface area (TPSA) is 104 Å². The number of nitrogens with zero attached hydrogens (tertiary/aromatic N) is 3. The summed E-state index contributed by atoms with van der Waals surface area (Å²) < 4.78 is 38.7. The minimum absolute atomic E-state index is 0.0976. The van der Waals surface area contributed by atoms with Gasteiger partial charge in [-0.25, -0.2) is 9.07 Å². The number of fused-ring (bicyclic) bond motifs is 3. The van der Waals surface area contributed by atoms with Gasteiger partial charge in [0.2, 0.25) is 11.0 Å². The number of hydrogen-bond donors (Lipinski definition) is 2. The summed E-state index contributed by atoms with van der Waals surface area (Å²) in [6.07, 6.45) is 6.04. The van der Waals surface area contributed by atoms with Crippen molar-refractivity contribution in [1.82, 2.24) is 15.1 Å². The minimum Gasteiger partial charge on any atom is -0.843 e. The summed E-state index contributed by atoms with van der Waals surface area (Å²) in [4.78, 5) is 0.310.